The molecule has 1 aromatic rings. The van der Waals surface area contributed by atoms with E-state index < -0.39 is 28.3 Å². The molecule has 1 fully saturated rings. The minimum Gasteiger partial charge on any atom is -0.379 e. The number of carbonyl (C=O) groups excluding carboxylic acids is 1. The number of hydrogen-bond donors (Lipinski definition) is 2. The van der Waals surface area contributed by atoms with E-state index in [2.05, 4.69) is 10.0 Å². The zero-order chi connectivity index (χ0) is 17.7. The number of methoxy groups -OCH3 is 1. The number of hydrogen-bond acceptors (Lipinski definition) is 5. The summed E-state index contributed by atoms with van der Waals surface area (Å²) in [5.74, 6) is -0.982. The highest BCUT2D eigenvalue weighted by atomic mass is 32.2. The summed E-state index contributed by atoms with van der Waals surface area (Å²) >= 11 is 0. The van der Waals surface area contributed by atoms with E-state index in [1.807, 2.05) is 0 Å². The Bertz CT molecular complexity index is 695. The summed E-state index contributed by atoms with van der Waals surface area (Å²) in [5.41, 5.74) is 0.213. The molecular formula is C15H21FN2O5S. The lowest BCUT2D eigenvalue weighted by atomic mass is 10.1. The molecule has 1 aromatic carbocycles. The van der Waals surface area contributed by atoms with E-state index in [-0.39, 0.29) is 22.6 Å². The highest BCUT2D eigenvalue weighted by Gasteiger charge is 2.27. The first-order valence-corrected chi connectivity index (χ1v) is 8.97. The third-order valence-electron chi connectivity index (χ3n) is 3.80. The molecular weight excluding hydrogens is 339 g/mol. The van der Waals surface area contributed by atoms with Crippen LogP contribution in [0.2, 0.25) is 0 Å². The first-order chi connectivity index (χ1) is 11.3. The topological polar surface area (TPSA) is 93.7 Å². The van der Waals surface area contributed by atoms with Crippen molar-refractivity contribution >= 4 is 15.9 Å². The Balaban J connectivity index is 1.93. The third-order valence-corrected chi connectivity index (χ3v) is 5.20. The predicted octanol–water partition coefficient (Wildman–Crippen LogP) is 0.333. The number of amides is 1. The van der Waals surface area contributed by atoms with Gasteiger partial charge >= 0.3 is 0 Å². The Kier molecular flexibility index (Phi) is 6.27. The van der Waals surface area contributed by atoms with Crippen LogP contribution in [-0.4, -0.2) is 53.3 Å². The van der Waals surface area contributed by atoms with Gasteiger partial charge in [0.2, 0.25) is 15.9 Å². The van der Waals surface area contributed by atoms with E-state index in [1.54, 1.807) is 7.11 Å². The summed E-state index contributed by atoms with van der Waals surface area (Å²) in [4.78, 5) is 11.9. The molecule has 0 bridgehead atoms. The van der Waals surface area contributed by atoms with Crippen LogP contribution >= 0.6 is 0 Å². The van der Waals surface area contributed by atoms with Crippen LogP contribution < -0.4 is 10.0 Å². The number of sulfonamides is 1. The van der Waals surface area contributed by atoms with Gasteiger partial charge in [-0.2, -0.15) is 0 Å². The predicted molar refractivity (Wildman–Crippen MR) is 84.5 cm³/mol. The number of aryl methyl sites for hydroxylation is 1. The zero-order valence-corrected chi connectivity index (χ0v) is 14.4. The fourth-order valence-corrected chi connectivity index (χ4v) is 3.49. The molecule has 0 spiro atoms. The summed E-state index contributed by atoms with van der Waals surface area (Å²) in [6.07, 6.45) is 0.487. The second kappa shape index (κ2) is 8.02. The van der Waals surface area contributed by atoms with E-state index >= 15 is 0 Å². The molecule has 134 valence electrons. The number of halogens is 1. The van der Waals surface area contributed by atoms with Crippen LogP contribution in [0.5, 0.6) is 0 Å². The molecule has 9 heteroatoms. The Labute approximate surface area is 140 Å². The van der Waals surface area contributed by atoms with E-state index in [9.17, 15) is 17.6 Å². The van der Waals surface area contributed by atoms with Gasteiger partial charge in [-0.25, -0.2) is 17.5 Å². The molecule has 1 heterocycles. The normalized spacial score (nSPS) is 21.5. The molecule has 0 unspecified atom stereocenters. The monoisotopic (exact) mass is 360 g/mol. The number of nitrogens with one attached hydrogen (secondary N) is 2. The summed E-state index contributed by atoms with van der Waals surface area (Å²) in [6.45, 7) is 1.91. The van der Waals surface area contributed by atoms with Gasteiger partial charge in [0.25, 0.3) is 0 Å². The Morgan fingerprint density at radius 2 is 2.21 bits per heavy atom. The molecule has 2 N–H and O–H groups in total. The molecule has 2 rings (SSSR count). The molecule has 2 atom stereocenters. The number of benzene rings is 1. The van der Waals surface area contributed by atoms with Gasteiger partial charge in [0.1, 0.15) is 5.82 Å². The molecule has 1 aliphatic rings. The number of carbonyl (C=O) groups is 1. The standard InChI is InChI=1S/C15H21FN2O5S/c1-10-7-11(3-4-12(10)16)24(20,21)17-8-15(19)18-13-9-23-6-5-14(13)22-2/h3-4,7,13-14,17H,5-6,8-9H2,1-2H3,(H,18,19)/t13-,14-/m1/s1. The van der Waals surface area contributed by atoms with Crippen molar-refractivity contribution in [1.29, 1.82) is 0 Å². The lowest BCUT2D eigenvalue weighted by Gasteiger charge is -2.31. The quantitative estimate of drug-likeness (QED) is 0.763. The van der Waals surface area contributed by atoms with Crippen molar-refractivity contribution in [2.45, 2.75) is 30.4 Å². The van der Waals surface area contributed by atoms with Crippen LogP contribution in [-0.2, 0) is 24.3 Å². The van der Waals surface area contributed by atoms with Crippen LogP contribution in [0.4, 0.5) is 4.39 Å². The summed E-state index contributed by atoms with van der Waals surface area (Å²) in [5, 5.41) is 2.69. The zero-order valence-electron chi connectivity index (χ0n) is 13.5. The average Bonchev–Trinajstić information content (AvgIpc) is 2.56. The van der Waals surface area contributed by atoms with E-state index in [0.29, 0.717) is 19.6 Å². The van der Waals surface area contributed by atoms with E-state index in [1.165, 1.54) is 13.0 Å². The third kappa shape index (κ3) is 4.73. The highest BCUT2D eigenvalue weighted by molar-refractivity contribution is 7.89. The van der Waals surface area contributed by atoms with Gasteiger partial charge in [-0.15, -0.1) is 0 Å². The van der Waals surface area contributed by atoms with Gasteiger partial charge in [0.05, 0.1) is 30.2 Å². The van der Waals surface area contributed by atoms with Gasteiger partial charge in [0, 0.05) is 13.7 Å². The SMILES string of the molecule is CO[C@@H]1CCOC[C@H]1NC(=O)CNS(=O)(=O)c1ccc(F)c(C)c1. The molecule has 0 aliphatic carbocycles. The minimum atomic E-state index is -3.89. The highest BCUT2D eigenvalue weighted by Crippen LogP contribution is 2.14. The smallest absolute Gasteiger partial charge is 0.241 e. The van der Waals surface area contributed by atoms with E-state index in [4.69, 9.17) is 9.47 Å². The fourth-order valence-electron chi connectivity index (χ4n) is 2.42. The van der Waals surface area contributed by atoms with E-state index in [0.717, 1.165) is 12.1 Å². The molecule has 1 amide bonds. The summed E-state index contributed by atoms with van der Waals surface area (Å²) in [6, 6.07) is 3.12. The molecule has 7 nitrogen and oxygen atoms in total. The second-order valence-corrected chi connectivity index (χ2v) is 7.31. The molecule has 24 heavy (non-hydrogen) atoms. The molecule has 1 saturated heterocycles. The van der Waals surface area contributed by atoms with Crippen molar-refractivity contribution in [3.8, 4) is 0 Å². The minimum absolute atomic E-state index is 0.0926. The lowest BCUT2D eigenvalue weighted by molar-refractivity contribution is -0.124. The van der Waals surface area contributed by atoms with Crippen molar-refractivity contribution < 1.29 is 27.1 Å². The average molecular weight is 360 g/mol. The van der Waals surface area contributed by atoms with Crippen molar-refractivity contribution in [3.05, 3.63) is 29.6 Å². The Hall–Kier alpha value is -1.55. The molecule has 1 aliphatic heterocycles. The van der Waals surface area contributed by atoms with Gasteiger partial charge in [-0.05, 0) is 37.1 Å². The Morgan fingerprint density at radius 1 is 1.46 bits per heavy atom. The van der Waals surface area contributed by atoms with Crippen LogP contribution in [0, 0.1) is 12.7 Å². The maximum Gasteiger partial charge on any atom is 0.241 e. The summed E-state index contributed by atoms with van der Waals surface area (Å²) < 4.78 is 50.3. The Morgan fingerprint density at radius 3 is 2.88 bits per heavy atom. The van der Waals surface area contributed by atoms with Crippen LogP contribution in [0.15, 0.2) is 23.1 Å². The number of ether oxygens (including phenoxy) is 2. The summed E-state index contributed by atoms with van der Waals surface area (Å²) in [7, 11) is -2.34. The van der Waals surface area contributed by atoms with Crippen molar-refractivity contribution in [2.75, 3.05) is 26.9 Å². The largest absolute Gasteiger partial charge is 0.379 e. The van der Waals surface area contributed by atoms with Crippen LogP contribution in [0.1, 0.15) is 12.0 Å². The van der Waals surface area contributed by atoms with Crippen molar-refractivity contribution in [2.24, 2.45) is 0 Å². The van der Waals surface area contributed by atoms with Crippen molar-refractivity contribution in [1.82, 2.24) is 10.0 Å². The van der Waals surface area contributed by atoms with Gasteiger partial charge in [-0.3, -0.25) is 4.79 Å². The molecule has 0 aromatic heterocycles. The lowest BCUT2D eigenvalue weighted by Crippen LogP contribution is -2.52. The van der Waals surface area contributed by atoms with Gasteiger partial charge < -0.3 is 14.8 Å². The molecule has 0 saturated carbocycles. The van der Waals surface area contributed by atoms with Crippen LogP contribution in [0.25, 0.3) is 0 Å². The van der Waals surface area contributed by atoms with Gasteiger partial charge in [0.15, 0.2) is 0 Å². The van der Waals surface area contributed by atoms with Crippen molar-refractivity contribution in [3.63, 3.8) is 0 Å². The first kappa shape index (κ1) is 18.8. The first-order valence-electron chi connectivity index (χ1n) is 7.49. The number of rotatable bonds is 6. The fraction of sp³-hybridized carbons (Fsp3) is 0.533. The maximum atomic E-state index is 13.2. The maximum absolute atomic E-state index is 13.2. The van der Waals surface area contributed by atoms with Gasteiger partial charge in [-0.1, -0.05) is 0 Å². The second-order valence-electron chi connectivity index (χ2n) is 5.55. The van der Waals surface area contributed by atoms with Crippen LogP contribution in [0.3, 0.4) is 0 Å². The molecule has 0 radical (unpaired) electrons.